The number of nitrogens with zero attached hydrogens (tertiary/aromatic N) is 3. The Morgan fingerprint density at radius 3 is 2.38 bits per heavy atom. The predicted molar refractivity (Wildman–Crippen MR) is 150 cm³/mol. The molecule has 2 aliphatic heterocycles. The lowest BCUT2D eigenvalue weighted by Crippen LogP contribution is -2.42. The van der Waals surface area contributed by atoms with Gasteiger partial charge in [-0.15, -0.1) is 0 Å². The van der Waals surface area contributed by atoms with Gasteiger partial charge in [0.25, 0.3) is 11.8 Å². The van der Waals surface area contributed by atoms with Crippen molar-refractivity contribution in [1.29, 1.82) is 0 Å². The molecule has 9 nitrogen and oxygen atoms in total. The highest BCUT2D eigenvalue weighted by atomic mass is 35.5. The number of amides is 3. The average Bonchev–Trinajstić information content (AvgIpc) is 3.77. The van der Waals surface area contributed by atoms with Crippen LogP contribution in [0.3, 0.4) is 0 Å². The lowest BCUT2D eigenvalue weighted by molar-refractivity contribution is -0.134. The number of benzene rings is 1. The molecular weight excluding hydrogens is 518 g/mol. The molecular formula is C29H36ClN5O4. The van der Waals surface area contributed by atoms with Crippen molar-refractivity contribution in [2.75, 3.05) is 43.5 Å². The molecule has 1 aliphatic carbocycles. The molecule has 0 radical (unpaired) electrons. The van der Waals surface area contributed by atoms with Gasteiger partial charge in [0.15, 0.2) is 5.82 Å². The Bertz CT molecular complexity index is 1200. The fourth-order valence-corrected chi connectivity index (χ4v) is 5.50. The van der Waals surface area contributed by atoms with E-state index in [4.69, 9.17) is 16.3 Å². The first-order valence-electron chi connectivity index (χ1n) is 13.8. The lowest BCUT2D eigenvalue weighted by Gasteiger charge is -2.36. The minimum atomic E-state index is -0.321. The van der Waals surface area contributed by atoms with Crippen LogP contribution in [0.1, 0.15) is 65.7 Å². The molecule has 3 fully saturated rings. The first-order valence-corrected chi connectivity index (χ1v) is 14.2. The molecule has 3 aliphatic rings. The number of halogens is 1. The summed E-state index contributed by atoms with van der Waals surface area (Å²) >= 11 is 6.09. The summed E-state index contributed by atoms with van der Waals surface area (Å²) in [5.41, 5.74) is 1.32. The number of pyridine rings is 1. The molecule has 0 unspecified atom stereocenters. The van der Waals surface area contributed by atoms with E-state index in [0.717, 1.165) is 51.6 Å². The number of likely N-dealkylation sites (tertiary alicyclic amines) is 1. The second-order valence-corrected chi connectivity index (χ2v) is 11.2. The van der Waals surface area contributed by atoms with Crippen molar-refractivity contribution in [3.8, 4) is 0 Å². The summed E-state index contributed by atoms with van der Waals surface area (Å²) in [7, 11) is 1.73. The Hall–Kier alpha value is -3.17. The number of hydrogen-bond donors (Lipinski definition) is 2. The maximum atomic E-state index is 13.1. The number of anilines is 2. The summed E-state index contributed by atoms with van der Waals surface area (Å²) in [6, 6.07) is 8.65. The summed E-state index contributed by atoms with van der Waals surface area (Å²) < 4.78 is 5.42. The van der Waals surface area contributed by atoms with E-state index < -0.39 is 0 Å². The van der Waals surface area contributed by atoms with Crippen molar-refractivity contribution in [3.05, 3.63) is 52.7 Å². The third kappa shape index (κ3) is 7.08. The summed E-state index contributed by atoms with van der Waals surface area (Å²) in [4.78, 5) is 47.4. The SMILES string of the molecule is COC1CCN(C(=O)CC2CCN(c3ncc(C(=O)NC4CC4)cc3NC(=O)c3cccc(Cl)c3)CC2)CC1. The molecule has 10 heteroatoms. The van der Waals surface area contributed by atoms with E-state index in [1.54, 1.807) is 43.6 Å². The number of carbonyl (C=O) groups excluding carboxylic acids is 3. The van der Waals surface area contributed by atoms with Crippen LogP contribution < -0.4 is 15.5 Å². The molecule has 3 heterocycles. The summed E-state index contributed by atoms with van der Waals surface area (Å²) in [5, 5.41) is 6.41. The van der Waals surface area contributed by atoms with Gasteiger partial charge in [-0.2, -0.15) is 0 Å². The van der Waals surface area contributed by atoms with Crippen LogP contribution in [0.2, 0.25) is 5.02 Å². The highest BCUT2D eigenvalue weighted by molar-refractivity contribution is 6.31. The predicted octanol–water partition coefficient (Wildman–Crippen LogP) is 4.12. The summed E-state index contributed by atoms with van der Waals surface area (Å²) in [6.45, 7) is 2.95. The Morgan fingerprint density at radius 1 is 0.974 bits per heavy atom. The number of hydrogen-bond acceptors (Lipinski definition) is 6. The Kier molecular flexibility index (Phi) is 8.67. The van der Waals surface area contributed by atoms with Crippen molar-refractivity contribution in [3.63, 3.8) is 0 Å². The monoisotopic (exact) mass is 553 g/mol. The molecule has 1 aromatic heterocycles. The molecule has 1 saturated carbocycles. The van der Waals surface area contributed by atoms with Crippen LogP contribution in [0.4, 0.5) is 11.5 Å². The van der Waals surface area contributed by atoms with E-state index >= 15 is 0 Å². The maximum Gasteiger partial charge on any atom is 0.255 e. The molecule has 2 N–H and O–H groups in total. The molecule has 2 aromatic rings. The zero-order chi connectivity index (χ0) is 27.4. The van der Waals surface area contributed by atoms with Gasteiger partial charge in [-0.3, -0.25) is 14.4 Å². The van der Waals surface area contributed by atoms with E-state index in [0.29, 0.717) is 53.1 Å². The Morgan fingerprint density at radius 2 is 1.72 bits per heavy atom. The maximum absolute atomic E-state index is 13.1. The molecule has 1 aromatic carbocycles. The molecule has 2 saturated heterocycles. The molecule has 0 bridgehead atoms. The van der Waals surface area contributed by atoms with E-state index in [1.165, 1.54) is 0 Å². The van der Waals surface area contributed by atoms with Gasteiger partial charge in [0, 0.05) is 62.5 Å². The third-order valence-corrected chi connectivity index (χ3v) is 8.12. The van der Waals surface area contributed by atoms with Gasteiger partial charge < -0.3 is 25.2 Å². The minimum Gasteiger partial charge on any atom is -0.381 e. The van der Waals surface area contributed by atoms with Crippen molar-refractivity contribution in [2.24, 2.45) is 5.92 Å². The molecule has 0 atom stereocenters. The quantitative estimate of drug-likeness (QED) is 0.509. The van der Waals surface area contributed by atoms with Gasteiger partial charge in [0.1, 0.15) is 0 Å². The first-order chi connectivity index (χ1) is 18.9. The minimum absolute atomic E-state index is 0.193. The fraction of sp³-hybridized carbons (Fsp3) is 0.517. The highest BCUT2D eigenvalue weighted by Gasteiger charge is 2.29. The number of methoxy groups -OCH3 is 1. The topological polar surface area (TPSA) is 104 Å². The van der Waals surface area contributed by atoms with Crippen LogP contribution in [0, 0.1) is 5.92 Å². The molecule has 39 heavy (non-hydrogen) atoms. The van der Waals surface area contributed by atoms with Crippen molar-refractivity contribution in [2.45, 2.75) is 57.1 Å². The van der Waals surface area contributed by atoms with Crippen molar-refractivity contribution in [1.82, 2.24) is 15.2 Å². The molecule has 3 amide bonds. The largest absolute Gasteiger partial charge is 0.381 e. The molecule has 0 spiro atoms. The third-order valence-electron chi connectivity index (χ3n) is 7.88. The van der Waals surface area contributed by atoms with E-state index in [-0.39, 0.29) is 29.9 Å². The molecule has 5 rings (SSSR count). The number of nitrogens with one attached hydrogen (secondary N) is 2. The van der Waals surface area contributed by atoms with Crippen LogP contribution in [-0.4, -0.2) is 73.0 Å². The molecule has 208 valence electrons. The van der Waals surface area contributed by atoms with Crippen molar-refractivity contribution >= 4 is 40.8 Å². The van der Waals surface area contributed by atoms with Gasteiger partial charge in [-0.05, 0) is 68.7 Å². The van der Waals surface area contributed by atoms with Gasteiger partial charge in [0.05, 0.1) is 17.4 Å². The van der Waals surface area contributed by atoms with Gasteiger partial charge in [-0.25, -0.2) is 4.98 Å². The summed E-state index contributed by atoms with van der Waals surface area (Å²) in [6.07, 6.45) is 7.84. The standard InChI is InChI=1S/C29H36ClN5O4/c1-39-24-9-13-34(14-10-24)26(36)15-19-7-11-35(12-8-19)27-25(33-28(37)20-3-2-4-22(30)16-20)17-21(18-31-27)29(38)32-23-5-6-23/h2-4,16-19,23-24H,5-15H2,1H3,(H,32,38)(H,33,37). The fourth-order valence-electron chi connectivity index (χ4n) is 5.31. The second kappa shape index (κ2) is 12.3. The van der Waals surface area contributed by atoms with Crippen LogP contribution in [-0.2, 0) is 9.53 Å². The van der Waals surface area contributed by atoms with E-state index in [1.807, 2.05) is 4.90 Å². The van der Waals surface area contributed by atoms with Crippen LogP contribution in [0.5, 0.6) is 0 Å². The zero-order valence-corrected chi connectivity index (χ0v) is 23.1. The Balaban J connectivity index is 1.25. The van der Waals surface area contributed by atoms with Crippen LogP contribution in [0.15, 0.2) is 36.5 Å². The lowest BCUT2D eigenvalue weighted by atomic mass is 9.92. The smallest absolute Gasteiger partial charge is 0.255 e. The summed E-state index contributed by atoms with van der Waals surface area (Å²) in [5.74, 6) is 0.642. The highest BCUT2D eigenvalue weighted by Crippen LogP contribution is 2.31. The number of rotatable bonds is 8. The van der Waals surface area contributed by atoms with E-state index in [9.17, 15) is 14.4 Å². The number of carbonyl (C=O) groups is 3. The Labute approximate surface area is 234 Å². The number of aromatic nitrogens is 1. The second-order valence-electron chi connectivity index (χ2n) is 10.8. The first kappa shape index (κ1) is 27.4. The van der Waals surface area contributed by atoms with Crippen LogP contribution in [0.25, 0.3) is 0 Å². The normalized spacial score (nSPS) is 18.6. The van der Waals surface area contributed by atoms with E-state index in [2.05, 4.69) is 20.5 Å². The zero-order valence-electron chi connectivity index (χ0n) is 22.3. The van der Waals surface area contributed by atoms with Crippen molar-refractivity contribution < 1.29 is 19.1 Å². The average molecular weight is 554 g/mol. The van der Waals surface area contributed by atoms with Gasteiger partial charge >= 0.3 is 0 Å². The van der Waals surface area contributed by atoms with Gasteiger partial charge in [0.2, 0.25) is 5.91 Å². The van der Waals surface area contributed by atoms with Crippen LogP contribution >= 0.6 is 11.6 Å². The number of piperidine rings is 2. The number of ether oxygens (including phenoxy) is 1. The van der Waals surface area contributed by atoms with Gasteiger partial charge in [-0.1, -0.05) is 17.7 Å².